The number of rotatable bonds is 6. The highest BCUT2D eigenvalue weighted by Gasteiger charge is 2.37. The molecule has 1 saturated heterocycles. The molecule has 1 aliphatic rings. The molecule has 3 aromatic rings. The number of hydrogen-bond acceptors (Lipinski definition) is 5. The average Bonchev–Trinajstić information content (AvgIpc) is 3.45. The predicted octanol–water partition coefficient (Wildman–Crippen LogP) is 5.87. The maximum Gasteiger partial charge on any atom is 0.417 e. The Kier molecular flexibility index (Phi) is 7.26. The zero-order chi connectivity index (χ0) is 28.0. The molecule has 0 atom stereocenters. The zero-order valence-electron chi connectivity index (χ0n) is 21.6. The number of hydrogen-bond donors (Lipinski definition) is 3. The van der Waals surface area contributed by atoms with Crippen molar-refractivity contribution in [1.29, 1.82) is 0 Å². The van der Waals surface area contributed by atoms with Crippen molar-refractivity contribution in [2.45, 2.75) is 64.1 Å². The Morgan fingerprint density at radius 1 is 1.18 bits per heavy atom. The lowest BCUT2D eigenvalue weighted by atomic mass is 9.84. The predicted molar refractivity (Wildman–Crippen MR) is 139 cm³/mol. The number of piperidine rings is 1. The minimum Gasteiger partial charge on any atom is -0.481 e. The number of carboxylic acids is 1. The number of carbonyl (C=O) groups excluding carboxylic acids is 1. The van der Waals surface area contributed by atoms with E-state index in [0.717, 1.165) is 23.6 Å². The number of anilines is 1. The van der Waals surface area contributed by atoms with Crippen LogP contribution in [0.15, 0.2) is 30.5 Å². The molecular weight excluding hydrogens is 521 g/mol. The standard InChI is InChI=1S/C26H31F3N4O4S/c1-15(2)13-25(37)7-9-32(10-8-25)23(36)31-16-11-18(26(27,28)29)17-14-30-33(19(17)12-16)21-6-5-20(38-21)24(3,4)22(34)35/h5-6,11-12,14-15,37H,7-10,13H2,1-4H3,(H,31,36)(H,34,35). The van der Waals surface area contributed by atoms with Gasteiger partial charge in [-0.15, -0.1) is 11.3 Å². The molecule has 0 saturated carbocycles. The first-order chi connectivity index (χ1) is 17.6. The fourth-order valence-electron chi connectivity index (χ4n) is 4.78. The second-order valence-corrected chi connectivity index (χ2v) is 11.9. The van der Waals surface area contributed by atoms with E-state index in [9.17, 15) is 33.0 Å². The van der Waals surface area contributed by atoms with Gasteiger partial charge in [0.05, 0.1) is 28.3 Å². The largest absolute Gasteiger partial charge is 0.481 e. The van der Waals surface area contributed by atoms with Crippen molar-refractivity contribution in [1.82, 2.24) is 14.7 Å². The normalized spacial score (nSPS) is 16.3. The summed E-state index contributed by atoms with van der Waals surface area (Å²) in [6, 6.07) is 5.00. The van der Waals surface area contributed by atoms with Gasteiger partial charge in [-0.1, -0.05) is 13.8 Å². The Balaban J connectivity index is 1.64. The number of urea groups is 1. The SMILES string of the molecule is CC(C)CC1(O)CCN(C(=O)Nc2cc(C(F)(F)F)c3cnn(-c4ccc(C(C)(C)C(=O)O)s4)c3c2)CC1. The number of fused-ring (bicyclic) bond motifs is 1. The van der Waals surface area contributed by atoms with Gasteiger partial charge in [0.2, 0.25) is 0 Å². The van der Waals surface area contributed by atoms with Crippen LogP contribution in [0.3, 0.4) is 0 Å². The molecule has 2 amide bonds. The van der Waals surface area contributed by atoms with Gasteiger partial charge >= 0.3 is 18.2 Å². The monoisotopic (exact) mass is 552 g/mol. The molecule has 206 valence electrons. The minimum absolute atomic E-state index is 0.0396. The molecule has 3 N–H and O–H groups in total. The van der Waals surface area contributed by atoms with E-state index in [4.69, 9.17) is 0 Å². The van der Waals surface area contributed by atoms with Gasteiger partial charge in [-0.2, -0.15) is 18.3 Å². The van der Waals surface area contributed by atoms with Crippen molar-refractivity contribution >= 4 is 39.9 Å². The highest BCUT2D eigenvalue weighted by molar-refractivity contribution is 7.14. The summed E-state index contributed by atoms with van der Waals surface area (Å²) in [6.45, 7) is 7.70. The molecule has 1 aromatic carbocycles. The number of aromatic nitrogens is 2. The van der Waals surface area contributed by atoms with E-state index in [1.807, 2.05) is 13.8 Å². The lowest BCUT2D eigenvalue weighted by Gasteiger charge is -2.39. The van der Waals surface area contributed by atoms with E-state index in [2.05, 4.69) is 10.4 Å². The van der Waals surface area contributed by atoms with Gasteiger partial charge in [0, 0.05) is 29.0 Å². The third kappa shape index (κ3) is 5.51. The maximum absolute atomic E-state index is 14.0. The Bertz CT molecular complexity index is 1350. The average molecular weight is 553 g/mol. The summed E-state index contributed by atoms with van der Waals surface area (Å²) in [5.74, 6) is -0.728. The molecule has 0 unspecified atom stereocenters. The number of aliphatic carboxylic acids is 1. The molecule has 3 heterocycles. The third-order valence-electron chi connectivity index (χ3n) is 6.97. The maximum atomic E-state index is 14.0. The second kappa shape index (κ2) is 9.88. The molecule has 4 rings (SSSR count). The van der Waals surface area contributed by atoms with Crippen molar-refractivity contribution in [2.24, 2.45) is 5.92 Å². The summed E-state index contributed by atoms with van der Waals surface area (Å²) in [5, 5.41) is 27.3. The van der Waals surface area contributed by atoms with Crippen molar-refractivity contribution in [3.63, 3.8) is 0 Å². The van der Waals surface area contributed by atoms with Crippen LogP contribution in [0.1, 0.15) is 57.4 Å². The first-order valence-electron chi connectivity index (χ1n) is 12.3. The molecule has 0 bridgehead atoms. The van der Waals surface area contributed by atoms with E-state index in [0.29, 0.717) is 48.1 Å². The van der Waals surface area contributed by atoms with E-state index in [1.165, 1.54) is 15.6 Å². The Hall–Kier alpha value is -3.12. The van der Waals surface area contributed by atoms with Crippen LogP contribution in [-0.2, 0) is 16.4 Å². The molecule has 1 fully saturated rings. The van der Waals surface area contributed by atoms with Crippen LogP contribution >= 0.6 is 11.3 Å². The second-order valence-electron chi connectivity index (χ2n) is 10.8. The zero-order valence-corrected chi connectivity index (χ0v) is 22.4. The number of likely N-dealkylation sites (tertiary alicyclic amines) is 1. The van der Waals surface area contributed by atoms with E-state index in [-0.39, 0.29) is 16.6 Å². The first-order valence-corrected chi connectivity index (χ1v) is 13.1. The Morgan fingerprint density at radius 3 is 2.42 bits per heavy atom. The number of benzene rings is 1. The number of amides is 2. The van der Waals surface area contributed by atoms with Crippen LogP contribution in [-0.4, -0.2) is 55.6 Å². The molecule has 38 heavy (non-hydrogen) atoms. The topological polar surface area (TPSA) is 108 Å². The molecule has 0 spiro atoms. The highest BCUT2D eigenvalue weighted by atomic mass is 32.1. The van der Waals surface area contributed by atoms with E-state index in [1.54, 1.807) is 26.0 Å². The number of halogens is 3. The van der Waals surface area contributed by atoms with Gasteiger partial charge in [0.1, 0.15) is 5.00 Å². The van der Waals surface area contributed by atoms with Crippen LogP contribution in [0.4, 0.5) is 23.7 Å². The minimum atomic E-state index is -4.70. The summed E-state index contributed by atoms with van der Waals surface area (Å²) in [6.07, 6.45) is -2.17. The quantitative estimate of drug-likeness (QED) is 0.354. The van der Waals surface area contributed by atoms with Crippen LogP contribution in [0.5, 0.6) is 0 Å². The molecule has 1 aliphatic heterocycles. The molecular formula is C26H31F3N4O4S. The molecule has 0 aliphatic carbocycles. The van der Waals surface area contributed by atoms with Crippen molar-refractivity contribution in [2.75, 3.05) is 18.4 Å². The van der Waals surface area contributed by atoms with Gasteiger partial charge in [-0.25, -0.2) is 9.48 Å². The number of carbonyl (C=O) groups is 2. The summed E-state index contributed by atoms with van der Waals surface area (Å²) < 4.78 is 43.3. The van der Waals surface area contributed by atoms with Crippen molar-refractivity contribution < 1.29 is 33.0 Å². The Morgan fingerprint density at radius 2 is 1.84 bits per heavy atom. The summed E-state index contributed by atoms with van der Waals surface area (Å²) in [7, 11) is 0. The number of thiophene rings is 1. The highest BCUT2D eigenvalue weighted by Crippen LogP contribution is 2.39. The van der Waals surface area contributed by atoms with Crippen LogP contribution in [0, 0.1) is 5.92 Å². The van der Waals surface area contributed by atoms with Gasteiger partial charge < -0.3 is 20.4 Å². The number of nitrogens with one attached hydrogen (secondary N) is 1. The van der Waals surface area contributed by atoms with Gasteiger partial charge in [0.15, 0.2) is 0 Å². The number of aliphatic hydroxyl groups is 1. The van der Waals surface area contributed by atoms with Crippen LogP contribution in [0.25, 0.3) is 15.9 Å². The third-order valence-corrected chi connectivity index (χ3v) is 8.35. The lowest BCUT2D eigenvalue weighted by molar-refractivity contribution is -0.142. The summed E-state index contributed by atoms with van der Waals surface area (Å²) in [5.41, 5.74) is -2.89. The lowest BCUT2D eigenvalue weighted by Crippen LogP contribution is -2.48. The number of alkyl halides is 3. The van der Waals surface area contributed by atoms with Gasteiger partial charge in [-0.05, 0) is 63.3 Å². The molecule has 8 nitrogen and oxygen atoms in total. The van der Waals surface area contributed by atoms with Crippen LogP contribution in [0.2, 0.25) is 0 Å². The first kappa shape index (κ1) is 27.9. The molecule has 0 radical (unpaired) electrons. The Labute approximate surface area is 222 Å². The van der Waals surface area contributed by atoms with Crippen LogP contribution < -0.4 is 5.32 Å². The molecule has 12 heteroatoms. The van der Waals surface area contributed by atoms with Gasteiger partial charge in [-0.3, -0.25) is 4.79 Å². The summed E-state index contributed by atoms with van der Waals surface area (Å²) in [4.78, 5) is 26.6. The number of carboxylic acid groups (broad SMARTS) is 1. The fourth-order valence-corrected chi connectivity index (χ4v) is 5.86. The summed E-state index contributed by atoms with van der Waals surface area (Å²) >= 11 is 1.12. The molecule has 2 aromatic heterocycles. The van der Waals surface area contributed by atoms with E-state index < -0.39 is 34.8 Å². The van der Waals surface area contributed by atoms with Crippen molar-refractivity contribution in [3.05, 3.63) is 40.9 Å². The van der Waals surface area contributed by atoms with E-state index >= 15 is 0 Å². The van der Waals surface area contributed by atoms with Gasteiger partial charge in [0.25, 0.3) is 0 Å². The fraction of sp³-hybridized carbons (Fsp3) is 0.500. The van der Waals surface area contributed by atoms with Crippen molar-refractivity contribution in [3.8, 4) is 5.00 Å². The number of nitrogens with zero attached hydrogens (tertiary/aromatic N) is 3. The smallest absolute Gasteiger partial charge is 0.417 e.